The normalized spacial score (nSPS) is 12.1. The predicted molar refractivity (Wildman–Crippen MR) is 75.3 cm³/mol. The molecule has 0 heterocycles. The third-order valence-electron chi connectivity index (χ3n) is 3.07. The first-order chi connectivity index (χ1) is 8.72. The molecule has 1 rings (SSSR count). The number of nitrogens with one attached hydrogen (secondary N) is 1. The van der Waals surface area contributed by atoms with Crippen LogP contribution in [0.2, 0.25) is 0 Å². The van der Waals surface area contributed by atoms with E-state index in [9.17, 15) is 4.79 Å². The lowest BCUT2D eigenvalue weighted by Gasteiger charge is -2.09. The van der Waals surface area contributed by atoms with Crippen LogP contribution in [0.15, 0.2) is 30.3 Å². The Balaban J connectivity index is 2.07. The minimum absolute atomic E-state index is 0.134. The second kappa shape index (κ2) is 8.70. The van der Waals surface area contributed by atoms with Crippen molar-refractivity contribution in [3.8, 4) is 0 Å². The Hall–Kier alpha value is -1.35. The highest BCUT2D eigenvalue weighted by Gasteiger charge is 2.03. The van der Waals surface area contributed by atoms with Gasteiger partial charge in [-0.15, -0.1) is 0 Å². The molecule has 3 heteroatoms. The van der Waals surface area contributed by atoms with Crippen molar-refractivity contribution < 1.29 is 4.79 Å². The van der Waals surface area contributed by atoms with Crippen LogP contribution in [-0.2, 0) is 11.2 Å². The molecular weight excluding hydrogens is 224 g/mol. The van der Waals surface area contributed by atoms with Gasteiger partial charge in [-0.2, -0.15) is 0 Å². The van der Waals surface area contributed by atoms with Gasteiger partial charge in [-0.25, -0.2) is 0 Å². The van der Waals surface area contributed by atoms with Gasteiger partial charge in [-0.05, 0) is 31.2 Å². The Morgan fingerprint density at radius 1 is 1.33 bits per heavy atom. The van der Waals surface area contributed by atoms with Gasteiger partial charge in [0.15, 0.2) is 0 Å². The molecule has 100 valence electrons. The van der Waals surface area contributed by atoms with E-state index >= 15 is 0 Å². The quantitative estimate of drug-likeness (QED) is 0.741. The molecule has 0 radical (unpaired) electrons. The molecule has 3 nitrogen and oxygen atoms in total. The maximum Gasteiger partial charge on any atom is 0.220 e. The van der Waals surface area contributed by atoms with E-state index in [4.69, 9.17) is 5.73 Å². The number of hydrogen-bond acceptors (Lipinski definition) is 2. The van der Waals surface area contributed by atoms with Crippen LogP contribution in [0.5, 0.6) is 0 Å². The summed E-state index contributed by atoms with van der Waals surface area (Å²) >= 11 is 0. The van der Waals surface area contributed by atoms with Gasteiger partial charge >= 0.3 is 0 Å². The van der Waals surface area contributed by atoms with Gasteiger partial charge in [-0.1, -0.05) is 37.3 Å². The van der Waals surface area contributed by atoms with Crippen LogP contribution in [0.25, 0.3) is 0 Å². The first-order valence-corrected chi connectivity index (χ1v) is 6.78. The zero-order valence-corrected chi connectivity index (χ0v) is 11.2. The fourth-order valence-electron chi connectivity index (χ4n) is 1.79. The van der Waals surface area contributed by atoms with E-state index in [1.54, 1.807) is 0 Å². The molecule has 0 saturated carbocycles. The molecule has 0 aromatic heterocycles. The Bertz CT molecular complexity index is 338. The topological polar surface area (TPSA) is 55.1 Å². The number of benzene rings is 1. The maximum absolute atomic E-state index is 11.6. The van der Waals surface area contributed by atoms with Gasteiger partial charge in [0, 0.05) is 19.0 Å². The number of hydrogen-bond donors (Lipinski definition) is 2. The number of amides is 1. The summed E-state index contributed by atoms with van der Waals surface area (Å²) in [6.45, 7) is 2.76. The van der Waals surface area contributed by atoms with Crippen molar-refractivity contribution in [1.29, 1.82) is 0 Å². The molecule has 0 bridgehead atoms. The molecule has 0 aliphatic rings. The third kappa shape index (κ3) is 6.40. The second-order valence-corrected chi connectivity index (χ2v) is 4.65. The van der Waals surface area contributed by atoms with Crippen molar-refractivity contribution in [2.45, 2.75) is 45.1 Å². The van der Waals surface area contributed by atoms with Crippen LogP contribution in [0.3, 0.4) is 0 Å². The van der Waals surface area contributed by atoms with Gasteiger partial charge in [0.2, 0.25) is 5.91 Å². The van der Waals surface area contributed by atoms with Gasteiger partial charge < -0.3 is 11.1 Å². The van der Waals surface area contributed by atoms with E-state index in [0.29, 0.717) is 13.0 Å². The average molecular weight is 248 g/mol. The fraction of sp³-hybridized carbons (Fsp3) is 0.533. The smallest absolute Gasteiger partial charge is 0.220 e. The Kier molecular flexibility index (Phi) is 7.11. The van der Waals surface area contributed by atoms with Gasteiger partial charge in [0.05, 0.1) is 0 Å². The zero-order chi connectivity index (χ0) is 13.2. The van der Waals surface area contributed by atoms with Crippen molar-refractivity contribution in [3.05, 3.63) is 35.9 Å². The van der Waals surface area contributed by atoms with E-state index in [1.807, 2.05) is 18.2 Å². The minimum atomic E-state index is 0.134. The molecule has 0 saturated heterocycles. The summed E-state index contributed by atoms with van der Waals surface area (Å²) in [6, 6.07) is 10.5. The molecule has 1 aromatic carbocycles. The number of carbonyl (C=O) groups excluding carboxylic acids is 1. The van der Waals surface area contributed by atoms with Gasteiger partial charge in [0.25, 0.3) is 0 Å². The third-order valence-corrected chi connectivity index (χ3v) is 3.07. The van der Waals surface area contributed by atoms with Crippen LogP contribution >= 0.6 is 0 Å². The molecular formula is C15H24N2O. The largest absolute Gasteiger partial charge is 0.356 e. The van der Waals surface area contributed by atoms with Crippen molar-refractivity contribution >= 4 is 5.91 Å². The molecule has 0 aliphatic heterocycles. The molecule has 3 N–H and O–H groups in total. The van der Waals surface area contributed by atoms with E-state index in [1.165, 1.54) is 5.56 Å². The first kappa shape index (κ1) is 14.7. The summed E-state index contributed by atoms with van der Waals surface area (Å²) in [7, 11) is 0. The summed E-state index contributed by atoms with van der Waals surface area (Å²) < 4.78 is 0. The lowest BCUT2D eigenvalue weighted by Crippen LogP contribution is -2.29. The summed E-state index contributed by atoms with van der Waals surface area (Å²) in [5, 5.41) is 2.92. The summed E-state index contributed by atoms with van der Waals surface area (Å²) in [6.07, 6.45) is 4.28. The van der Waals surface area contributed by atoms with Crippen molar-refractivity contribution in [1.82, 2.24) is 5.32 Å². The molecule has 1 amide bonds. The molecule has 1 aromatic rings. The Morgan fingerprint density at radius 3 is 2.72 bits per heavy atom. The molecule has 0 aliphatic carbocycles. The second-order valence-electron chi connectivity index (χ2n) is 4.65. The molecule has 1 unspecified atom stereocenters. The molecule has 1 atom stereocenters. The van der Waals surface area contributed by atoms with Crippen molar-refractivity contribution in [2.75, 3.05) is 6.54 Å². The Morgan fingerprint density at radius 2 is 2.06 bits per heavy atom. The van der Waals surface area contributed by atoms with E-state index in [0.717, 1.165) is 25.7 Å². The van der Waals surface area contributed by atoms with Crippen molar-refractivity contribution in [2.24, 2.45) is 5.73 Å². The highest BCUT2D eigenvalue weighted by molar-refractivity contribution is 5.75. The Labute approximate surface area is 110 Å². The van der Waals surface area contributed by atoms with Crippen LogP contribution < -0.4 is 11.1 Å². The zero-order valence-electron chi connectivity index (χ0n) is 11.2. The number of aryl methyl sites for hydroxylation is 1. The van der Waals surface area contributed by atoms with Crippen LogP contribution in [0.1, 0.15) is 38.2 Å². The number of nitrogens with two attached hydrogens (primary N) is 1. The highest BCUT2D eigenvalue weighted by atomic mass is 16.1. The van der Waals surface area contributed by atoms with Crippen LogP contribution in [-0.4, -0.2) is 18.5 Å². The molecule has 0 spiro atoms. The summed E-state index contributed by atoms with van der Waals surface area (Å²) in [5.74, 6) is 0.134. The number of rotatable bonds is 8. The lowest BCUT2D eigenvalue weighted by atomic mass is 10.1. The van der Waals surface area contributed by atoms with Crippen LogP contribution in [0, 0.1) is 0 Å². The van der Waals surface area contributed by atoms with E-state index in [-0.39, 0.29) is 11.9 Å². The van der Waals surface area contributed by atoms with Crippen LogP contribution in [0.4, 0.5) is 0 Å². The predicted octanol–water partition coefficient (Wildman–Crippen LogP) is 2.25. The average Bonchev–Trinajstić information content (AvgIpc) is 2.39. The number of carbonyl (C=O) groups is 1. The SMILES string of the molecule is CCC(N)CCNC(=O)CCCc1ccccc1. The monoisotopic (exact) mass is 248 g/mol. The molecule has 0 fully saturated rings. The van der Waals surface area contributed by atoms with Crippen molar-refractivity contribution in [3.63, 3.8) is 0 Å². The van der Waals surface area contributed by atoms with E-state index < -0.39 is 0 Å². The lowest BCUT2D eigenvalue weighted by molar-refractivity contribution is -0.121. The van der Waals surface area contributed by atoms with E-state index in [2.05, 4.69) is 24.4 Å². The van der Waals surface area contributed by atoms with Gasteiger partial charge in [0.1, 0.15) is 0 Å². The maximum atomic E-state index is 11.6. The van der Waals surface area contributed by atoms with Gasteiger partial charge in [-0.3, -0.25) is 4.79 Å². The standard InChI is InChI=1S/C15H24N2O/c1-2-14(16)11-12-17-15(18)10-6-9-13-7-4-3-5-8-13/h3-5,7-8,14H,2,6,9-12,16H2,1H3,(H,17,18). The summed E-state index contributed by atoms with van der Waals surface area (Å²) in [4.78, 5) is 11.6. The fourth-order valence-corrected chi connectivity index (χ4v) is 1.79. The minimum Gasteiger partial charge on any atom is -0.356 e. The summed E-state index contributed by atoms with van der Waals surface area (Å²) in [5.41, 5.74) is 7.07. The molecule has 18 heavy (non-hydrogen) atoms. The highest BCUT2D eigenvalue weighted by Crippen LogP contribution is 2.04. The first-order valence-electron chi connectivity index (χ1n) is 6.78.